The quantitative estimate of drug-likeness (QED) is 0.737. The van der Waals surface area contributed by atoms with Gasteiger partial charge in [-0.15, -0.1) is 0 Å². The van der Waals surface area contributed by atoms with Crippen molar-refractivity contribution in [3.63, 3.8) is 0 Å². The molecular formula is C14H14IrN-. The first-order valence-corrected chi connectivity index (χ1v) is 5.29. The number of rotatable bonds is 3. The second-order valence-corrected chi connectivity index (χ2v) is 3.54. The predicted octanol–water partition coefficient (Wildman–Crippen LogP) is 3.03. The van der Waals surface area contributed by atoms with Crippen molar-refractivity contribution in [1.82, 2.24) is 4.98 Å². The molecule has 0 spiro atoms. The van der Waals surface area contributed by atoms with Crippen LogP contribution in [0, 0.1) is 6.07 Å². The van der Waals surface area contributed by atoms with Gasteiger partial charge in [0.1, 0.15) is 0 Å². The molecule has 2 aromatic rings. The molecule has 0 unspecified atom stereocenters. The van der Waals surface area contributed by atoms with Gasteiger partial charge in [-0.2, -0.15) is 35.9 Å². The summed E-state index contributed by atoms with van der Waals surface area (Å²) in [5.74, 6) is 0. The van der Waals surface area contributed by atoms with Gasteiger partial charge in [-0.1, -0.05) is 13.0 Å². The summed E-state index contributed by atoms with van der Waals surface area (Å²) in [4.78, 5) is 4.57. The molecule has 1 nitrogen and oxygen atoms in total. The Morgan fingerprint density at radius 3 is 2.56 bits per heavy atom. The monoisotopic (exact) mass is 389 g/mol. The van der Waals surface area contributed by atoms with Gasteiger partial charge in [0, 0.05) is 31.5 Å². The molecule has 0 aliphatic heterocycles. The van der Waals surface area contributed by atoms with Crippen LogP contribution in [-0.2, 0) is 32.9 Å². The molecule has 0 aliphatic carbocycles. The number of hydrogen-bond donors (Lipinski definition) is 0. The van der Waals surface area contributed by atoms with Crippen LogP contribution in [0.4, 0.5) is 0 Å². The van der Waals surface area contributed by atoms with Crippen LogP contribution in [0.2, 0.25) is 0 Å². The van der Waals surface area contributed by atoms with Gasteiger partial charge in [0.2, 0.25) is 0 Å². The molecule has 0 fully saturated rings. The van der Waals surface area contributed by atoms with Gasteiger partial charge in [-0.05, 0) is 25.0 Å². The molecule has 1 radical (unpaired) electrons. The molecule has 1 aromatic heterocycles. The van der Waals surface area contributed by atoms with E-state index in [2.05, 4.69) is 42.2 Å². The maximum Gasteiger partial charge on any atom is 0.0429 e. The smallest absolute Gasteiger partial charge is 0.0429 e. The number of aryl methyl sites for hydroxylation is 1. The summed E-state index contributed by atoms with van der Waals surface area (Å²) in [7, 11) is 0. The molecule has 85 valence electrons. The molecule has 1 heterocycles. The normalized spacial score (nSPS) is 9.56. The molecule has 1 aromatic carbocycles. The van der Waals surface area contributed by atoms with E-state index >= 15 is 0 Å². The fourth-order valence-corrected chi connectivity index (χ4v) is 1.56. The van der Waals surface area contributed by atoms with Crippen molar-refractivity contribution in [2.45, 2.75) is 19.8 Å². The predicted molar refractivity (Wildman–Crippen MR) is 61.7 cm³/mol. The zero-order valence-electron chi connectivity index (χ0n) is 9.24. The third-order valence-corrected chi connectivity index (χ3v) is 2.37. The largest absolute Gasteiger partial charge is 0.258 e. The zero-order chi connectivity index (χ0) is 10.5. The molecule has 2 rings (SSSR count). The fourth-order valence-electron chi connectivity index (χ4n) is 1.56. The van der Waals surface area contributed by atoms with Crippen LogP contribution in [0.25, 0.3) is 0 Å². The first kappa shape index (κ1) is 13.1. The third-order valence-electron chi connectivity index (χ3n) is 2.37. The Hall–Kier alpha value is -0.981. The number of nitrogens with zero attached hydrogens (tertiary/aromatic N) is 1. The summed E-state index contributed by atoms with van der Waals surface area (Å²) in [5.41, 5.74) is 3.47. The van der Waals surface area contributed by atoms with E-state index in [1.165, 1.54) is 5.56 Å². The summed E-state index contributed by atoms with van der Waals surface area (Å²) in [5, 5.41) is 0. The minimum atomic E-state index is 0. The minimum Gasteiger partial charge on any atom is -0.258 e. The van der Waals surface area contributed by atoms with E-state index in [1.54, 1.807) is 0 Å². The Kier molecular flexibility index (Phi) is 5.37. The summed E-state index contributed by atoms with van der Waals surface area (Å²) in [6.07, 6.45) is 1.86. The standard InChI is InChI=1S/C14H14N.Ir/c1-2-13-9-6-10-14(15-13)11-12-7-4-3-5-8-12;/h3-7,9-10H,2,11H2,1H3;/q-1;. The van der Waals surface area contributed by atoms with Crippen LogP contribution in [0.3, 0.4) is 0 Å². The van der Waals surface area contributed by atoms with Crippen LogP contribution < -0.4 is 0 Å². The molecule has 0 N–H and O–H groups in total. The Morgan fingerprint density at radius 1 is 1.06 bits per heavy atom. The first-order chi connectivity index (χ1) is 7.38. The maximum absolute atomic E-state index is 4.57. The number of benzene rings is 1. The molecule has 0 aliphatic rings. The van der Waals surface area contributed by atoms with Crippen molar-refractivity contribution in [3.05, 3.63) is 65.5 Å². The van der Waals surface area contributed by atoms with Crippen molar-refractivity contribution in [3.8, 4) is 0 Å². The van der Waals surface area contributed by atoms with Gasteiger partial charge in [-0.25, -0.2) is 0 Å². The van der Waals surface area contributed by atoms with Crippen LogP contribution >= 0.6 is 0 Å². The topological polar surface area (TPSA) is 12.9 Å². The van der Waals surface area contributed by atoms with Crippen molar-refractivity contribution < 1.29 is 20.1 Å². The average molecular weight is 388 g/mol. The van der Waals surface area contributed by atoms with E-state index in [0.29, 0.717) is 0 Å². The molecule has 0 amide bonds. The number of pyridine rings is 1. The van der Waals surface area contributed by atoms with E-state index in [0.717, 1.165) is 24.2 Å². The van der Waals surface area contributed by atoms with E-state index in [1.807, 2.05) is 18.2 Å². The summed E-state index contributed by atoms with van der Waals surface area (Å²) >= 11 is 0. The molecule has 16 heavy (non-hydrogen) atoms. The Balaban J connectivity index is 0.00000128. The summed E-state index contributed by atoms with van der Waals surface area (Å²) in [6, 6.07) is 17.5. The molecule has 0 bridgehead atoms. The van der Waals surface area contributed by atoms with Crippen LogP contribution in [0.15, 0.2) is 42.5 Å². The molecule has 0 saturated heterocycles. The minimum absolute atomic E-state index is 0. The van der Waals surface area contributed by atoms with Crippen molar-refractivity contribution in [1.29, 1.82) is 0 Å². The van der Waals surface area contributed by atoms with Gasteiger partial charge < -0.3 is 0 Å². The van der Waals surface area contributed by atoms with Gasteiger partial charge >= 0.3 is 0 Å². The van der Waals surface area contributed by atoms with E-state index in [9.17, 15) is 0 Å². The van der Waals surface area contributed by atoms with Crippen molar-refractivity contribution in [2.75, 3.05) is 0 Å². The third kappa shape index (κ3) is 3.55. The fraction of sp³-hybridized carbons (Fsp3) is 0.214. The van der Waals surface area contributed by atoms with Gasteiger partial charge in [0.05, 0.1) is 0 Å². The summed E-state index contributed by atoms with van der Waals surface area (Å²) in [6.45, 7) is 2.13. The second-order valence-electron chi connectivity index (χ2n) is 3.54. The van der Waals surface area contributed by atoms with E-state index in [4.69, 9.17) is 0 Å². The first-order valence-electron chi connectivity index (χ1n) is 5.29. The van der Waals surface area contributed by atoms with Crippen LogP contribution in [0.1, 0.15) is 23.9 Å². The van der Waals surface area contributed by atoms with Gasteiger partial charge in [0.25, 0.3) is 0 Å². The Morgan fingerprint density at radius 2 is 1.88 bits per heavy atom. The van der Waals surface area contributed by atoms with Crippen LogP contribution in [-0.4, -0.2) is 4.98 Å². The number of hydrogen-bond acceptors (Lipinski definition) is 1. The van der Waals surface area contributed by atoms with Gasteiger partial charge in [0.15, 0.2) is 0 Å². The zero-order valence-corrected chi connectivity index (χ0v) is 11.6. The SMILES string of the molecule is CCc1cccc(Cc2[c-]cccc2)n1.[Ir]. The van der Waals surface area contributed by atoms with Crippen molar-refractivity contribution >= 4 is 0 Å². The Bertz CT molecular complexity index is 426. The van der Waals surface area contributed by atoms with E-state index in [-0.39, 0.29) is 20.1 Å². The van der Waals surface area contributed by atoms with Gasteiger partial charge in [-0.3, -0.25) is 4.98 Å². The summed E-state index contributed by atoms with van der Waals surface area (Å²) < 4.78 is 0. The van der Waals surface area contributed by atoms with Crippen molar-refractivity contribution in [2.24, 2.45) is 0 Å². The van der Waals surface area contributed by atoms with Crippen LogP contribution in [0.5, 0.6) is 0 Å². The molecule has 0 saturated carbocycles. The second kappa shape index (κ2) is 6.57. The maximum atomic E-state index is 4.57. The molecular weight excluding hydrogens is 374 g/mol. The molecule has 2 heteroatoms. The molecule has 0 atom stereocenters. The average Bonchev–Trinajstić information content (AvgIpc) is 2.31. The number of aromatic nitrogens is 1. The van der Waals surface area contributed by atoms with E-state index < -0.39 is 0 Å². The Labute approximate surface area is 110 Å².